The van der Waals surface area contributed by atoms with Crippen LogP contribution in [-0.4, -0.2) is 35.9 Å². The average Bonchev–Trinajstić information content (AvgIpc) is 3.42. The molecule has 0 bridgehead atoms. The summed E-state index contributed by atoms with van der Waals surface area (Å²) in [6, 6.07) is 11.1. The van der Waals surface area contributed by atoms with Crippen LogP contribution >= 0.6 is 0 Å². The Bertz CT molecular complexity index is 1000. The summed E-state index contributed by atoms with van der Waals surface area (Å²) in [5, 5.41) is 6.47. The van der Waals surface area contributed by atoms with Crippen molar-refractivity contribution in [2.45, 2.75) is 13.0 Å². The number of guanidine groups is 1. The number of hydrogen-bond donors (Lipinski definition) is 2. The van der Waals surface area contributed by atoms with E-state index in [4.69, 9.17) is 9.47 Å². The Morgan fingerprint density at radius 3 is 2.79 bits per heavy atom. The summed E-state index contributed by atoms with van der Waals surface area (Å²) in [4.78, 5) is 8.16. The molecule has 3 aromatic rings. The van der Waals surface area contributed by atoms with Crippen LogP contribution in [0.2, 0.25) is 0 Å². The third-order valence-corrected chi connectivity index (χ3v) is 4.62. The van der Waals surface area contributed by atoms with Crippen LogP contribution in [0.25, 0.3) is 5.69 Å². The summed E-state index contributed by atoms with van der Waals surface area (Å²) in [6.07, 6.45) is 5.71. The molecule has 0 fully saturated rings. The number of imidazole rings is 1. The van der Waals surface area contributed by atoms with Crippen molar-refractivity contribution in [3.8, 4) is 17.2 Å². The van der Waals surface area contributed by atoms with Gasteiger partial charge in [0.05, 0.1) is 12.0 Å². The summed E-state index contributed by atoms with van der Waals surface area (Å²) in [5.74, 6) is 1.93. The highest BCUT2D eigenvalue weighted by Crippen LogP contribution is 2.32. The van der Waals surface area contributed by atoms with Crippen molar-refractivity contribution >= 4 is 5.96 Å². The zero-order chi connectivity index (χ0) is 20.1. The molecule has 7 nitrogen and oxygen atoms in total. The first-order chi connectivity index (χ1) is 14.2. The second kappa shape index (κ2) is 8.64. The zero-order valence-corrected chi connectivity index (χ0v) is 16.1. The maximum Gasteiger partial charge on any atom is 0.231 e. The lowest BCUT2D eigenvalue weighted by Crippen LogP contribution is -2.37. The van der Waals surface area contributed by atoms with Gasteiger partial charge in [0.15, 0.2) is 17.5 Å². The molecule has 2 aromatic carbocycles. The predicted molar refractivity (Wildman–Crippen MR) is 108 cm³/mol. The summed E-state index contributed by atoms with van der Waals surface area (Å²) in [5.41, 5.74) is 2.44. The third-order valence-electron chi connectivity index (χ3n) is 4.62. The minimum atomic E-state index is -0.298. The Morgan fingerprint density at radius 1 is 1.14 bits per heavy atom. The second-order valence-corrected chi connectivity index (χ2v) is 6.55. The Labute approximate surface area is 168 Å². The highest BCUT2D eigenvalue weighted by Gasteiger charge is 2.13. The molecule has 2 N–H and O–H groups in total. The molecule has 0 unspecified atom stereocenters. The van der Waals surface area contributed by atoms with Gasteiger partial charge in [0.2, 0.25) is 6.79 Å². The molecule has 0 spiro atoms. The van der Waals surface area contributed by atoms with Crippen molar-refractivity contribution < 1.29 is 13.9 Å². The smallest absolute Gasteiger partial charge is 0.231 e. The Morgan fingerprint density at radius 2 is 2.00 bits per heavy atom. The lowest BCUT2D eigenvalue weighted by atomic mass is 10.1. The fourth-order valence-electron chi connectivity index (χ4n) is 3.10. The van der Waals surface area contributed by atoms with E-state index < -0.39 is 0 Å². The van der Waals surface area contributed by atoms with E-state index in [1.54, 1.807) is 36.4 Å². The highest BCUT2D eigenvalue weighted by atomic mass is 19.1. The van der Waals surface area contributed by atoms with E-state index in [0.29, 0.717) is 24.7 Å². The number of benzene rings is 2. The summed E-state index contributed by atoms with van der Waals surface area (Å²) in [6.45, 7) is 1.44. The lowest BCUT2D eigenvalue weighted by Gasteiger charge is -2.13. The standard InChI is InChI=1S/C21H22FN5O2/c1-23-21(25-7-6-15-3-5-19-20(11-15)29-14-28-19)26-12-16-2-4-18(17(22)10-16)27-9-8-24-13-27/h2-5,8-11,13H,6-7,12,14H2,1H3,(H2,23,25,26). The van der Waals surface area contributed by atoms with Crippen LogP contribution in [-0.2, 0) is 13.0 Å². The van der Waals surface area contributed by atoms with Crippen molar-refractivity contribution in [1.82, 2.24) is 20.2 Å². The van der Waals surface area contributed by atoms with E-state index in [9.17, 15) is 4.39 Å². The maximum absolute atomic E-state index is 14.4. The molecule has 150 valence electrons. The fourth-order valence-corrected chi connectivity index (χ4v) is 3.10. The van der Waals surface area contributed by atoms with Gasteiger partial charge in [-0.2, -0.15) is 0 Å². The van der Waals surface area contributed by atoms with Gasteiger partial charge >= 0.3 is 0 Å². The monoisotopic (exact) mass is 395 g/mol. The SMILES string of the molecule is CN=C(NCCc1ccc2c(c1)OCO2)NCc1ccc(-n2ccnc2)c(F)c1. The van der Waals surface area contributed by atoms with Gasteiger partial charge < -0.3 is 24.7 Å². The minimum absolute atomic E-state index is 0.275. The fraction of sp³-hybridized carbons (Fsp3) is 0.238. The molecule has 29 heavy (non-hydrogen) atoms. The summed E-state index contributed by atoms with van der Waals surface area (Å²) in [7, 11) is 1.71. The number of ether oxygens (including phenoxy) is 2. The quantitative estimate of drug-likeness (QED) is 0.496. The Balaban J connectivity index is 1.28. The molecule has 0 radical (unpaired) electrons. The lowest BCUT2D eigenvalue weighted by molar-refractivity contribution is 0.174. The number of fused-ring (bicyclic) bond motifs is 1. The van der Waals surface area contributed by atoms with Crippen LogP contribution in [0.1, 0.15) is 11.1 Å². The molecule has 1 aliphatic rings. The van der Waals surface area contributed by atoms with Gasteiger partial charge in [0.1, 0.15) is 5.82 Å². The highest BCUT2D eigenvalue weighted by molar-refractivity contribution is 5.79. The number of nitrogens with one attached hydrogen (secondary N) is 2. The molecule has 0 aliphatic carbocycles. The molecule has 1 aromatic heterocycles. The first-order valence-electron chi connectivity index (χ1n) is 9.33. The van der Waals surface area contributed by atoms with Crippen LogP contribution in [0.15, 0.2) is 60.1 Å². The first-order valence-corrected chi connectivity index (χ1v) is 9.33. The summed E-state index contributed by atoms with van der Waals surface area (Å²) >= 11 is 0. The van der Waals surface area contributed by atoms with Crippen molar-refractivity contribution in [3.63, 3.8) is 0 Å². The molecular formula is C21H22FN5O2. The van der Waals surface area contributed by atoms with Crippen molar-refractivity contribution in [1.29, 1.82) is 0 Å². The van der Waals surface area contributed by atoms with Crippen LogP contribution in [0.5, 0.6) is 11.5 Å². The van der Waals surface area contributed by atoms with Crippen molar-refractivity contribution in [2.75, 3.05) is 20.4 Å². The van der Waals surface area contributed by atoms with Gasteiger partial charge in [-0.05, 0) is 41.8 Å². The molecule has 0 saturated heterocycles. The van der Waals surface area contributed by atoms with Crippen molar-refractivity contribution in [2.24, 2.45) is 4.99 Å². The maximum atomic E-state index is 14.4. The minimum Gasteiger partial charge on any atom is -0.454 e. The van der Waals surface area contributed by atoms with E-state index >= 15 is 0 Å². The number of nitrogens with zero attached hydrogens (tertiary/aromatic N) is 3. The number of hydrogen-bond acceptors (Lipinski definition) is 4. The number of rotatable bonds is 6. The van der Waals surface area contributed by atoms with E-state index in [2.05, 4.69) is 20.6 Å². The zero-order valence-electron chi connectivity index (χ0n) is 16.1. The van der Waals surface area contributed by atoms with Gasteiger partial charge in [0, 0.05) is 32.5 Å². The summed E-state index contributed by atoms with van der Waals surface area (Å²) < 4.78 is 26.7. The molecule has 1 aliphatic heterocycles. The van der Waals surface area contributed by atoms with Gasteiger partial charge in [-0.1, -0.05) is 12.1 Å². The third kappa shape index (κ3) is 4.48. The number of aliphatic imine (C=N–C) groups is 1. The second-order valence-electron chi connectivity index (χ2n) is 6.55. The van der Waals surface area contributed by atoms with Gasteiger partial charge in [0.25, 0.3) is 0 Å². The predicted octanol–water partition coefficient (Wildman–Crippen LogP) is 2.65. The van der Waals surface area contributed by atoms with Crippen molar-refractivity contribution in [3.05, 3.63) is 72.1 Å². The van der Waals surface area contributed by atoms with Gasteiger partial charge in [-0.3, -0.25) is 4.99 Å². The van der Waals surface area contributed by atoms with E-state index in [1.165, 1.54) is 6.07 Å². The van der Waals surface area contributed by atoms with Gasteiger partial charge in [-0.15, -0.1) is 0 Å². The van der Waals surface area contributed by atoms with Crippen LogP contribution < -0.4 is 20.1 Å². The average molecular weight is 395 g/mol. The van der Waals surface area contributed by atoms with Gasteiger partial charge in [-0.25, -0.2) is 9.37 Å². The number of halogens is 1. The molecule has 4 rings (SSSR count). The van der Waals surface area contributed by atoms with Crippen LogP contribution in [0.4, 0.5) is 4.39 Å². The molecule has 2 heterocycles. The first kappa shape index (κ1) is 18.8. The topological polar surface area (TPSA) is 72.7 Å². The van der Waals surface area contributed by atoms with Crippen LogP contribution in [0, 0.1) is 5.82 Å². The van der Waals surface area contributed by atoms with E-state index in [1.807, 2.05) is 24.3 Å². The Kier molecular flexibility index (Phi) is 5.60. The molecule has 8 heteroatoms. The molecule has 0 amide bonds. The largest absolute Gasteiger partial charge is 0.454 e. The molecule has 0 atom stereocenters. The molecular weight excluding hydrogens is 373 g/mol. The number of aromatic nitrogens is 2. The van der Waals surface area contributed by atoms with Crippen LogP contribution in [0.3, 0.4) is 0 Å². The normalized spacial score (nSPS) is 12.8. The van der Waals surface area contributed by atoms with E-state index in [0.717, 1.165) is 29.0 Å². The Hall–Kier alpha value is -3.55. The molecule has 0 saturated carbocycles. The van der Waals surface area contributed by atoms with E-state index in [-0.39, 0.29) is 12.6 Å².